The summed E-state index contributed by atoms with van der Waals surface area (Å²) in [6, 6.07) is 15.4. The van der Waals surface area contributed by atoms with Gasteiger partial charge in [0.05, 0.1) is 5.41 Å². The lowest BCUT2D eigenvalue weighted by Crippen LogP contribution is -2.50. The molecular weight excluding hydrogens is 444 g/mol. The maximum atomic E-state index is 12.9. The molecule has 35 heavy (non-hydrogen) atoms. The zero-order valence-electron chi connectivity index (χ0n) is 20.8. The summed E-state index contributed by atoms with van der Waals surface area (Å²) in [4.78, 5) is 37.4. The zero-order chi connectivity index (χ0) is 25.4. The van der Waals surface area contributed by atoms with Gasteiger partial charge in [0.25, 0.3) is 0 Å². The summed E-state index contributed by atoms with van der Waals surface area (Å²) >= 11 is 0. The van der Waals surface area contributed by atoms with Crippen molar-refractivity contribution in [2.24, 2.45) is 5.41 Å². The summed E-state index contributed by atoms with van der Waals surface area (Å²) in [6.07, 6.45) is 2.20. The molecule has 188 valence electrons. The highest BCUT2D eigenvalue weighted by molar-refractivity contribution is 5.86. The van der Waals surface area contributed by atoms with E-state index in [1.165, 1.54) is 0 Å². The summed E-state index contributed by atoms with van der Waals surface area (Å²) in [5, 5.41) is 15.1. The Bertz CT molecular complexity index is 1000. The first-order valence-corrected chi connectivity index (χ1v) is 12.5. The van der Waals surface area contributed by atoms with Crippen molar-refractivity contribution in [1.82, 2.24) is 10.6 Å². The molecule has 0 radical (unpaired) electrons. The largest absolute Gasteiger partial charge is 0.481 e. The SMILES string of the molecule is CCCCC(NC(=O)OCC1c2ccccc2-c2ccccc21)C(=O)NCC(CC)(CC)C(=O)O. The highest BCUT2D eigenvalue weighted by atomic mass is 16.5. The first-order valence-electron chi connectivity index (χ1n) is 12.5. The molecule has 1 aliphatic rings. The fraction of sp³-hybridized carbons (Fsp3) is 0.464. The number of unbranched alkanes of at least 4 members (excludes halogenated alkanes) is 1. The third kappa shape index (κ3) is 5.84. The average molecular weight is 481 g/mol. The van der Waals surface area contributed by atoms with Crippen LogP contribution >= 0.6 is 0 Å². The Labute approximate surface area is 207 Å². The van der Waals surface area contributed by atoms with Gasteiger partial charge in [-0.2, -0.15) is 0 Å². The molecule has 2 aromatic rings. The van der Waals surface area contributed by atoms with Crippen LogP contribution in [0.2, 0.25) is 0 Å². The first-order chi connectivity index (χ1) is 16.9. The number of rotatable bonds is 12. The number of benzene rings is 2. The molecule has 0 saturated heterocycles. The Hall–Kier alpha value is -3.35. The number of aliphatic carboxylic acids is 1. The molecule has 3 N–H and O–H groups in total. The molecule has 7 heteroatoms. The van der Waals surface area contributed by atoms with E-state index in [1.807, 2.05) is 31.2 Å². The van der Waals surface area contributed by atoms with Crippen LogP contribution in [0.15, 0.2) is 48.5 Å². The van der Waals surface area contributed by atoms with Gasteiger partial charge in [-0.15, -0.1) is 0 Å². The third-order valence-corrected chi connectivity index (χ3v) is 7.21. The number of fused-ring (bicyclic) bond motifs is 3. The van der Waals surface area contributed by atoms with Crippen molar-refractivity contribution >= 4 is 18.0 Å². The number of carboxylic acid groups (broad SMARTS) is 1. The fourth-order valence-corrected chi connectivity index (χ4v) is 4.72. The Morgan fingerprint density at radius 3 is 2.06 bits per heavy atom. The number of hydrogen-bond acceptors (Lipinski definition) is 4. The third-order valence-electron chi connectivity index (χ3n) is 7.21. The van der Waals surface area contributed by atoms with E-state index in [1.54, 1.807) is 13.8 Å². The van der Waals surface area contributed by atoms with Gasteiger partial charge in [0.2, 0.25) is 5.91 Å². The van der Waals surface area contributed by atoms with Gasteiger partial charge in [-0.05, 0) is 41.5 Å². The van der Waals surface area contributed by atoms with Crippen LogP contribution in [0.25, 0.3) is 11.1 Å². The number of hydrogen-bond donors (Lipinski definition) is 3. The number of carboxylic acids is 1. The Morgan fingerprint density at radius 2 is 1.54 bits per heavy atom. The van der Waals surface area contributed by atoms with Crippen LogP contribution in [0.1, 0.15) is 69.9 Å². The van der Waals surface area contributed by atoms with E-state index in [2.05, 4.69) is 34.9 Å². The maximum absolute atomic E-state index is 12.9. The van der Waals surface area contributed by atoms with E-state index in [0.29, 0.717) is 19.3 Å². The van der Waals surface area contributed by atoms with Gasteiger partial charge >= 0.3 is 12.1 Å². The van der Waals surface area contributed by atoms with Crippen LogP contribution in [0.3, 0.4) is 0 Å². The number of carbonyl (C=O) groups is 3. The minimum Gasteiger partial charge on any atom is -0.481 e. The quantitative estimate of drug-likeness (QED) is 0.392. The summed E-state index contributed by atoms with van der Waals surface area (Å²) in [7, 11) is 0. The molecule has 0 spiro atoms. The summed E-state index contributed by atoms with van der Waals surface area (Å²) in [5.41, 5.74) is 3.50. The molecule has 0 saturated carbocycles. The van der Waals surface area contributed by atoms with E-state index in [-0.39, 0.29) is 25.0 Å². The number of alkyl carbamates (subject to hydrolysis) is 1. The number of ether oxygens (including phenoxy) is 1. The average Bonchev–Trinajstić information content (AvgIpc) is 3.19. The van der Waals surface area contributed by atoms with Crippen LogP contribution in [-0.4, -0.2) is 42.3 Å². The molecule has 7 nitrogen and oxygen atoms in total. The van der Waals surface area contributed by atoms with Crippen LogP contribution in [0.4, 0.5) is 4.79 Å². The maximum Gasteiger partial charge on any atom is 0.407 e. The van der Waals surface area contributed by atoms with Crippen LogP contribution < -0.4 is 10.6 Å². The fourth-order valence-electron chi connectivity index (χ4n) is 4.72. The smallest absolute Gasteiger partial charge is 0.407 e. The molecule has 0 aromatic heterocycles. The molecule has 0 bridgehead atoms. The molecule has 1 atom stereocenters. The van der Waals surface area contributed by atoms with Crippen molar-refractivity contribution in [3.05, 3.63) is 59.7 Å². The van der Waals surface area contributed by atoms with E-state index >= 15 is 0 Å². The molecule has 2 amide bonds. The molecule has 0 heterocycles. The van der Waals surface area contributed by atoms with Crippen LogP contribution in [0.5, 0.6) is 0 Å². The lowest BCUT2D eigenvalue weighted by Gasteiger charge is -2.28. The molecule has 3 rings (SSSR count). The van der Waals surface area contributed by atoms with E-state index < -0.39 is 23.5 Å². The van der Waals surface area contributed by atoms with E-state index in [4.69, 9.17) is 4.74 Å². The van der Waals surface area contributed by atoms with Crippen molar-refractivity contribution in [3.8, 4) is 11.1 Å². The van der Waals surface area contributed by atoms with Crippen molar-refractivity contribution in [2.75, 3.05) is 13.2 Å². The Balaban J connectivity index is 1.64. The summed E-state index contributed by atoms with van der Waals surface area (Å²) in [6.45, 7) is 5.78. The van der Waals surface area contributed by atoms with Gasteiger partial charge in [0.15, 0.2) is 0 Å². The second kappa shape index (κ2) is 11.9. The second-order valence-corrected chi connectivity index (χ2v) is 9.18. The van der Waals surface area contributed by atoms with Crippen molar-refractivity contribution in [1.29, 1.82) is 0 Å². The van der Waals surface area contributed by atoms with Crippen LogP contribution in [-0.2, 0) is 14.3 Å². The van der Waals surface area contributed by atoms with Crippen molar-refractivity contribution in [2.45, 2.75) is 64.8 Å². The highest BCUT2D eigenvalue weighted by Gasteiger charge is 2.36. The van der Waals surface area contributed by atoms with Gasteiger partial charge in [-0.3, -0.25) is 9.59 Å². The van der Waals surface area contributed by atoms with E-state index in [9.17, 15) is 19.5 Å². The summed E-state index contributed by atoms with van der Waals surface area (Å²) < 4.78 is 5.60. The van der Waals surface area contributed by atoms with Gasteiger partial charge in [0, 0.05) is 12.5 Å². The molecule has 2 aromatic carbocycles. The molecule has 0 fully saturated rings. The Morgan fingerprint density at radius 1 is 0.971 bits per heavy atom. The lowest BCUT2D eigenvalue weighted by atomic mass is 9.82. The predicted molar refractivity (Wildman–Crippen MR) is 135 cm³/mol. The molecule has 1 aliphatic carbocycles. The summed E-state index contributed by atoms with van der Waals surface area (Å²) in [5.74, 6) is -1.39. The minimum absolute atomic E-state index is 0.0170. The monoisotopic (exact) mass is 480 g/mol. The topological polar surface area (TPSA) is 105 Å². The molecule has 0 aliphatic heterocycles. The van der Waals surface area contributed by atoms with Gasteiger partial charge < -0.3 is 20.5 Å². The number of carbonyl (C=O) groups excluding carboxylic acids is 2. The van der Waals surface area contributed by atoms with Crippen LogP contribution in [0, 0.1) is 5.41 Å². The predicted octanol–water partition coefficient (Wildman–Crippen LogP) is 5.09. The normalized spacial score (nSPS) is 13.5. The van der Waals surface area contributed by atoms with E-state index in [0.717, 1.165) is 35.1 Å². The van der Waals surface area contributed by atoms with Crippen molar-refractivity contribution in [3.63, 3.8) is 0 Å². The van der Waals surface area contributed by atoms with Gasteiger partial charge in [-0.1, -0.05) is 82.1 Å². The Kier molecular flexibility index (Phi) is 8.90. The molecular formula is C28H36N2O5. The van der Waals surface area contributed by atoms with Gasteiger partial charge in [-0.25, -0.2) is 4.79 Å². The second-order valence-electron chi connectivity index (χ2n) is 9.18. The lowest BCUT2D eigenvalue weighted by molar-refractivity contribution is -0.149. The van der Waals surface area contributed by atoms with Gasteiger partial charge in [0.1, 0.15) is 12.6 Å². The zero-order valence-corrected chi connectivity index (χ0v) is 20.8. The number of amides is 2. The first kappa shape index (κ1) is 26.3. The molecule has 1 unspecified atom stereocenters. The standard InChI is InChI=1S/C28H36N2O5/c1-4-7-16-24(25(31)29-18-28(5-2,6-3)26(32)33)30-27(34)35-17-23-21-14-10-8-12-19(21)20-13-9-11-15-22(20)23/h8-15,23-24H,4-7,16-18H2,1-3H3,(H,29,31)(H,30,34)(H,32,33). The van der Waals surface area contributed by atoms with Crippen molar-refractivity contribution < 1.29 is 24.2 Å². The number of nitrogens with one attached hydrogen (secondary N) is 2. The highest BCUT2D eigenvalue weighted by Crippen LogP contribution is 2.44. The minimum atomic E-state index is -1.02.